The SMILES string of the molecule is C=CC(NC)C1(c2ccccc2)CCC1. The third-order valence-electron chi connectivity index (χ3n) is 3.74. The van der Waals surface area contributed by atoms with Gasteiger partial charge in [0.25, 0.3) is 0 Å². The molecule has 0 heterocycles. The normalized spacial score (nSPS) is 20.3. The molecule has 0 amide bonds. The molecule has 1 aliphatic carbocycles. The van der Waals surface area contributed by atoms with Gasteiger partial charge in [-0.1, -0.05) is 42.8 Å². The van der Waals surface area contributed by atoms with Crippen LogP contribution in [0.1, 0.15) is 24.8 Å². The molecular formula is C14H19N. The molecule has 1 nitrogen and oxygen atoms in total. The van der Waals surface area contributed by atoms with Gasteiger partial charge < -0.3 is 5.32 Å². The molecule has 1 aliphatic rings. The lowest BCUT2D eigenvalue weighted by atomic mass is 9.60. The van der Waals surface area contributed by atoms with E-state index in [0.717, 1.165) is 0 Å². The molecule has 0 aromatic heterocycles. The van der Waals surface area contributed by atoms with Crippen molar-refractivity contribution >= 4 is 0 Å². The summed E-state index contributed by atoms with van der Waals surface area (Å²) in [6.07, 6.45) is 5.93. The van der Waals surface area contributed by atoms with Gasteiger partial charge in [-0.2, -0.15) is 0 Å². The number of benzene rings is 1. The van der Waals surface area contributed by atoms with Crippen LogP contribution in [0.25, 0.3) is 0 Å². The average molecular weight is 201 g/mol. The van der Waals surface area contributed by atoms with Crippen molar-refractivity contribution in [3.8, 4) is 0 Å². The molecule has 1 aromatic rings. The molecule has 0 aliphatic heterocycles. The second-order valence-electron chi connectivity index (χ2n) is 4.38. The van der Waals surface area contributed by atoms with Crippen molar-refractivity contribution in [1.82, 2.24) is 5.32 Å². The van der Waals surface area contributed by atoms with Crippen molar-refractivity contribution in [2.45, 2.75) is 30.7 Å². The molecule has 1 unspecified atom stereocenters. The highest BCUT2D eigenvalue weighted by molar-refractivity contribution is 5.32. The number of hydrogen-bond donors (Lipinski definition) is 1. The summed E-state index contributed by atoms with van der Waals surface area (Å²) in [5.74, 6) is 0. The van der Waals surface area contributed by atoms with Gasteiger partial charge in [0, 0.05) is 11.5 Å². The van der Waals surface area contributed by atoms with Crippen LogP contribution in [0.3, 0.4) is 0 Å². The van der Waals surface area contributed by atoms with Gasteiger partial charge in [0.05, 0.1) is 0 Å². The fourth-order valence-electron chi connectivity index (χ4n) is 2.73. The Kier molecular flexibility index (Phi) is 2.92. The summed E-state index contributed by atoms with van der Waals surface area (Å²) in [4.78, 5) is 0. The topological polar surface area (TPSA) is 12.0 Å². The molecular weight excluding hydrogens is 182 g/mol. The first-order chi connectivity index (χ1) is 7.33. The Morgan fingerprint density at radius 3 is 2.40 bits per heavy atom. The first kappa shape index (κ1) is 10.4. The van der Waals surface area contributed by atoms with Gasteiger partial charge in [-0.3, -0.25) is 0 Å². The second-order valence-corrected chi connectivity index (χ2v) is 4.38. The smallest absolute Gasteiger partial charge is 0.0342 e. The van der Waals surface area contributed by atoms with Gasteiger partial charge in [0.1, 0.15) is 0 Å². The van der Waals surface area contributed by atoms with Crippen molar-refractivity contribution in [1.29, 1.82) is 0 Å². The van der Waals surface area contributed by atoms with Crippen molar-refractivity contribution in [3.63, 3.8) is 0 Å². The maximum Gasteiger partial charge on any atom is 0.0342 e. The van der Waals surface area contributed by atoms with Crippen LogP contribution in [0.4, 0.5) is 0 Å². The summed E-state index contributed by atoms with van der Waals surface area (Å²) < 4.78 is 0. The van der Waals surface area contributed by atoms with Crippen molar-refractivity contribution in [2.24, 2.45) is 0 Å². The summed E-state index contributed by atoms with van der Waals surface area (Å²) in [5, 5.41) is 3.37. The van der Waals surface area contributed by atoms with E-state index in [4.69, 9.17) is 0 Å². The first-order valence-electron chi connectivity index (χ1n) is 5.69. The molecule has 1 fully saturated rings. The van der Waals surface area contributed by atoms with Gasteiger partial charge in [-0.15, -0.1) is 6.58 Å². The Morgan fingerprint density at radius 2 is 2.00 bits per heavy atom. The molecule has 1 atom stereocenters. The van der Waals surface area contributed by atoms with Crippen molar-refractivity contribution < 1.29 is 0 Å². The van der Waals surface area contributed by atoms with Crippen LogP contribution in [0, 0.1) is 0 Å². The fraction of sp³-hybridized carbons (Fsp3) is 0.429. The van der Waals surface area contributed by atoms with Crippen molar-refractivity contribution in [2.75, 3.05) is 7.05 Å². The summed E-state index contributed by atoms with van der Waals surface area (Å²) in [6.45, 7) is 3.94. The molecule has 15 heavy (non-hydrogen) atoms. The Labute approximate surface area is 92.2 Å². The van der Waals surface area contributed by atoms with E-state index in [2.05, 4.69) is 42.2 Å². The molecule has 0 saturated heterocycles. The molecule has 0 bridgehead atoms. The maximum atomic E-state index is 3.94. The van der Waals surface area contributed by atoms with Crippen LogP contribution >= 0.6 is 0 Å². The fourth-order valence-corrected chi connectivity index (χ4v) is 2.73. The van der Waals surface area contributed by atoms with Crippen LogP contribution in [-0.4, -0.2) is 13.1 Å². The van der Waals surface area contributed by atoms with Crippen LogP contribution in [-0.2, 0) is 5.41 Å². The molecule has 2 rings (SSSR count). The Balaban J connectivity index is 2.33. The lowest BCUT2D eigenvalue weighted by molar-refractivity contribution is 0.201. The van der Waals surface area contributed by atoms with Gasteiger partial charge in [-0.25, -0.2) is 0 Å². The zero-order valence-corrected chi connectivity index (χ0v) is 9.37. The molecule has 80 valence electrons. The number of nitrogens with one attached hydrogen (secondary N) is 1. The minimum absolute atomic E-state index is 0.303. The van der Waals surface area contributed by atoms with E-state index in [1.165, 1.54) is 24.8 Å². The quantitative estimate of drug-likeness (QED) is 0.739. The van der Waals surface area contributed by atoms with E-state index in [9.17, 15) is 0 Å². The average Bonchev–Trinajstić information content (AvgIpc) is 2.24. The van der Waals surface area contributed by atoms with Crippen LogP contribution in [0.15, 0.2) is 43.0 Å². The standard InChI is InChI=1S/C14H19N/c1-3-13(15-2)14(10-7-11-14)12-8-5-4-6-9-12/h3-6,8-9,13,15H,1,7,10-11H2,2H3. The molecule has 1 aromatic carbocycles. The van der Waals surface area contributed by atoms with E-state index >= 15 is 0 Å². The predicted molar refractivity (Wildman–Crippen MR) is 65.0 cm³/mol. The van der Waals surface area contributed by atoms with Crippen LogP contribution in [0.2, 0.25) is 0 Å². The minimum atomic E-state index is 0.303. The van der Waals surface area contributed by atoms with E-state index in [-0.39, 0.29) is 0 Å². The van der Waals surface area contributed by atoms with E-state index in [1.807, 2.05) is 13.1 Å². The number of likely N-dealkylation sites (N-methyl/N-ethyl adjacent to an activating group) is 1. The van der Waals surface area contributed by atoms with Crippen LogP contribution < -0.4 is 5.32 Å². The highest BCUT2D eigenvalue weighted by atomic mass is 14.9. The molecule has 0 spiro atoms. The molecule has 1 N–H and O–H groups in total. The predicted octanol–water partition coefficient (Wildman–Crippen LogP) is 2.88. The van der Waals surface area contributed by atoms with E-state index < -0.39 is 0 Å². The second kappa shape index (κ2) is 4.19. The maximum absolute atomic E-state index is 3.94. The van der Waals surface area contributed by atoms with Crippen molar-refractivity contribution in [3.05, 3.63) is 48.6 Å². The molecule has 1 heteroatoms. The summed E-state index contributed by atoms with van der Waals surface area (Å²) in [5.41, 5.74) is 1.76. The zero-order valence-electron chi connectivity index (χ0n) is 9.37. The molecule has 0 radical (unpaired) electrons. The first-order valence-corrected chi connectivity index (χ1v) is 5.69. The van der Waals surface area contributed by atoms with Gasteiger partial charge in [-0.05, 0) is 25.5 Å². The Morgan fingerprint density at radius 1 is 1.33 bits per heavy atom. The minimum Gasteiger partial charge on any atom is -0.313 e. The van der Waals surface area contributed by atoms with Gasteiger partial charge in [0.15, 0.2) is 0 Å². The third kappa shape index (κ3) is 1.61. The lowest BCUT2D eigenvalue weighted by Gasteiger charge is -2.47. The highest BCUT2D eigenvalue weighted by Gasteiger charge is 2.43. The van der Waals surface area contributed by atoms with Crippen LogP contribution in [0.5, 0.6) is 0 Å². The third-order valence-corrected chi connectivity index (χ3v) is 3.74. The highest BCUT2D eigenvalue weighted by Crippen LogP contribution is 2.46. The van der Waals surface area contributed by atoms with Gasteiger partial charge in [0.2, 0.25) is 0 Å². The Hall–Kier alpha value is -1.08. The number of hydrogen-bond acceptors (Lipinski definition) is 1. The zero-order chi connectivity index (χ0) is 10.7. The largest absolute Gasteiger partial charge is 0.313 e. The molecule has 1 saturated carbocycles. The Bertz CT molecular complexity index is 324. The van der Waals surface area contributed by atoms with E-state index in [0.29, 0.717) is 11.5 Å². The number of rotatable bonds is 4. The summed E-state index contributed by atoms with van der Waals surface area (Å²) >= 11 is 0. The van der Waals surface area contributed by atoms with E-state index in [1.54, 1.807) is 0 Å². The summed E-state index contributed by atoms with van der Waals surface area (Å²) in [6, 6.07) is 11.2. The summed E-state index contributed by atoms with van der Waals surface area (Å²) in [7, 11) is 2.02. The monoisotopic (exact) mass is 201 g/mol. The lowest BCUT2D eigenvalue weighted by Crippen LogP contribution is -2.50. The van der Waals surface area contributed by atoms with Gasteiger partial charge >= 0.3 is 0 Å².